The van der Waals surface area contributed by atoms with E-state index < -0.39 is 0 Å². The zero-order chi connectivity index (χ0) is 13.7. The van der Waals surface area contributed by atoms with Crippen molar-refractivity contribution in [1.29, 1.82) is 0 Å². The average molecular weight is 275 g/mol. The van der Waals surface area contributed by atoms with Gasteiger partial charge in [0.15, 0.2) is 0 Å². The number of halogens is 1. The summed E-state index contributed by atoms with van der Waals surface area (Å²) < 4.78 is 0. The van der Waals surface area contributed by atoms with Gasteiger partial charge >= 0.3 is 0 Å². The standard InChI is InChI=1S/C16H19ClN2/c1-12(2)19-11-15-6-5-13(9-16(15)17)8-14-4-3-7-18-10-14/h3-7,9-10,12,19H,8,11H2,1-2H3. The van der Waals surface area contributed by atoms with Crippen LogP contribution in [0.2, 0.25) is 5.02 Å². The summed E-state index contributed by atoms with van der Waals surface area (Å²) in [5.41, 5.74) is 3.56. The van der Waals surface area contributed by atoms with Crippen molar-refractivity contribution >= 4 is 11.6 Å². The summed E-state index contributed by atoms with van der Waals surface area (Å²) in [6.45, 7) is 5.07. The van der Waals surface area contributed by atoms with Crippen LogP contribution in [0.3, 0.4) is 0 Å². The summed E-state index contributed by atoms with van der Waals surface area (Å²) in [5.74, 6) is 0. The van der Waals surface area contributed by atoms with Crippen LogP contribution in [-0.2, 0) is 13.0 Å². The number of rotatable bonds is 5. The molecule has 1 aromatic carbocycles. The van der Waals surface area contributed by atoms with Crippen LogP contribution < -0.4 is 5.32 Å². The number of benzene rings is 1. The van der Waals surface area contributed by atoms with E-state index in [0.29, 0.717) is 6.04 Å². The molecule has 19 heavy (non-hydrogen) atoms. The molecular formula is C16H19ClN2. The molecule has 0 atom stereocenters. The summed E-state index contributed by atoms with van der Waals surface area (Å²) in [4.78, 5) is 4.13. The van der Waals surface area contributed by atoms with Crippen molar-refractivity contribution in [1.82, 2.24) is 10.3 Å². The molecule has 3 heteroatoms. The van der Waals surface area contributed by atoms with Gasteiger partial charge < -0.3 is 5.32 Å². The first-order valence-electron chi connectivity index (χ1n) is 6.55. The van der Waals surface area contributed by atoms with Crippen LogP contribution in [-0.4, -0.2) is 11.0 Å². The molecular weight excluding hydrogens is 256 g/mol. The largest absolute Gasteiger partial charge is 0.310 e. The fourth-order valence-electron chi connectivity index (χ4n) is 1.90. The fourth-order valence-corrected chi connectivity index (χ4v) is 2.17. The van der Waals surface area contributed by atoms with Crippen LogP contribution in [0.4, 0.5) is 0 Å². The van der Waals surface area contributed by atoms with Gasteiger partial charge in [-0.05, 0) is 35.2 Å². The van der Waals surface area contributed by atoms with Crippen molar-refractivity contribution in [3.05, 3.63) is 64.4 Å². The van der Waals surface area contributed by atoms with Gasteiger partial charge in [-0.3, -0.25) is 4.98 Å². The summed E-state index contributed by atoms with van der Waals surface area (Å²) in [7, 11) is 0. The van der Waals surface area contributed by atoms with Gasteiger partial charge in [-0.25, -0.2) is 0 Å². The van der Waals surface area contributed by atoms with E-state index in [9.17, 15) is 0 Å². The molecule has 0 fully saturated rings. The van der Waals surface area contributed by atoms with Gasteiger partial charge in [0.05, 0.1) is 0 Å². The molecule has 0 saturated heterocycles. The van der Waals surface area contributed by atoms with Gasteiger partial charge in [0.2, 0.25) is 0 Å². The van der Waals surface area contributed by atoms with E-state index in [1.54, 1.807) is 6.20 Å². The highest BCUT2D eigenvalue weighted by Crippen LogP contribution is 2.19. The minimum atomic E-state index is 0.464. The Kier molecular flexibility index (Phi) is 4.94. The van der Waals surface area contributed by atoms with Crippen LogP contribution in [0.5, 0.6) is 0 Å². The lowest BCUT2D eigenvalue weighted by Gasteiger charge is -2.11. The van der Waals surface area contributed by atoms with Gasteiger partial charge in [-0.1, -0.05) is 43.6 Å². The lowest BCUT2D eigenvalue weighted by atomic mass is 10.0. The quantitative estimate of drug-likeness (QED) is 0.896. The first-order valence-corrected chi connectivity index (χ1v) is 6.92. The molecule has 0 amide bonds. The number of nitrogens with zero attached hydrogens (tertiary/aromatic N) is 1. The second kappa shape index (κ2) is 6.69. The van der Waals surface area contributed by atoms with Crippen molar-refractivity contribution in [2.24, 2.45) is 0 Å². The normalized spacial score (nSPS) is 10.9. The first kappa shape index (κ1) is 14.0. The Morgan fingerprint density at radius 3 is 2.68 bits per heavy atom. The SMILES string of the molecule is CC(C)NCc1ccc(Cc2cccnc2)cc1Cl. The van der Waals surface area contributed by atoms with Crippen LogP contribution in [0.1, 0.15) is 30.5 Å². The van der Waals surface area contributed by atoms with Gasteiger partial charge in [0.1, 0.15) is 0 Å². The topological polar surface area (TPSA) is 24.9 Å². The molecule has 1 aromatic heterocycles. The third-order valence-corrected chi connectivity index (χ3v) is 3.30. The van der Waals surface area contributed by atoms with Gasteiger partial charge in [-0.2, -0.15) is 0 Å². The molecule has 2 nitrogen and oxygen atoms in total. The van der Waals surface area contributed by atoms with Crippen molar-refractivity contribution in [3.63, 3.8) is 0 Å². The van der Waals surface area contributed by atoms with E-state index in [2.05, 4.69) is 42.3 Å². The Morgan fingerprint density at radius 2 is 2.05 bits per heavy atom. The predicted octanol–water partition coefficient (Wildman–Crippen LogP) is 3.82. The Labute approximate surface area is 119 Å². The minimum Gasteiger partial charge on any atom is -0.310 e. The molecule has 0 saturated carbocycles. The fraction of sp³-hybridized carbons (Fsp3) is 0.312. The molecule has 1 heterocycles. The second-order valence-corrected chi connectivity index (χ2v) is 5.41. The zero-order valence-corrected chi connectivity index (χ0v) is 12.1. The third-order valence-electron chi connectivity index (χ3n) is 2.95. The number of nitrogens with one attached hydrogen (secondary N) is 1. The van der Waals surface area contributed by atoms with E-state index >= 15 is 0 Å². The zero-order valence-electron chi connectivity index (χ0n) is 11.4. The van der Waals surface area contributed by atoms with Crippen LogP contribution in [0.15, 0.2) is 42.7 Å². The Hall–Kier alpha value is -1.38. The maximum absolute atomic E-state index is 6.32. The van der Waals surface area contributed by atoms with Crippen molar-refractivity contribution in [2.45, 2.75) is 32.9 Å². The molecule has 0 aliphatic rings. The molecule has 0 bridgehead atoms. The average Bonchev–Trinajstić information content (AvgIpc) is 2.39. The Balaban J connectivity index is 2.06. The number of hydrogen-bond donors (Lipinski definition) is 1. The van der Waals surface area contributed by atoms with E-state index in [0.717, 1.165) is 23.6 Å². The third kappa shape index (κ3) is 4.34. The van der Waals surface area contributed by atoms with E-state index in [1.807, 2.05) is 18.3 Å². The number of aromatic nitrogens is 1. The van der Waals surface area contributed by atoms with Crippen LogP contribution in [0.25, 0.3) is 0 Å². The minimum absolute atomic E-state index is 0.464. The molecule has 100 valence electrons. The van der Waals surface area contributed by atoms with Crippen molar-refractivity contribution in [2.75, 3.05) is 0 Å². The molecule has 2 rings (SSSR count). The van der Waals surface area contributed by atoms with Crippen LogP contribution >= 0.6 is 11.6 Å². The number of hydrogen-bond acceptors (Lipinski definition) is 2. The highest BCUT2D eigenvalue weighted by Gasteiger charge is 2.04. The van der Waals surface area contributed by atoms with Gasteiger partial charge in [-0.15, -0.1) is 0 Å². The van der Waals surface area contributed by atoms with E-state index in [1.165, 1.54) is 11.1 Å². The van der Waals surface area contributed by atoms with Crippen molar-refractivity contribution < 1.29 is 0 Å². The molecule has 0 aliphatic carbocycles. The predicted molar refractivity (Wildman–Crippen MR) is 80.5 cm³/mol. The lowest BCUT2D eigenvalue weighted by Crippen LogP contribution is -2.21. The Morgan fingerprint density at radius 1 is 1.21 bits per heavy atom. The second-order valence-electron chi connectivity index (χ2n) is 5.00. The molecule has 0 unspecified atom stereocenters. The van der Waals surface area contributed by atoms with E-state index in [4.69, 9.17) is 11.6 Å². The number of pyridine rings is 1. The summed E-state index contributed by atoms with van der Waals surface area (Å²) >= 11 is 6.32. The van der Waals surface area contributed by atoms with E-state index in [-0.39, 0.29) is 0 Å². The lowest BCUT2D eigenvalue weighted by molar-refractivity contribution is 0.589. The van der Waals surface area contributed by atoms with Crippen molar-refractivity contribution in [3.8, 4) is 0 Å². The molecule has 0 radical (unpaired) electrons. The molecule has 0 spiro atoms. The molecule has 0 aliphatic heterocycles. The first-order chi connectivity index (χ1) is 9.15. The highest BCUT2D eigenvalue weighted by molar-refractivity contribution is 6.31. The summed E-state index contributed by atoms with van der Waals surface area (Å²) in [5, 5.41) is 4.21. The smallest absolute Gasteiger partial charge is 0.0453 e. The van der Waals surface area contributed by atoms with Gasteiger partial charge in [0, 0.05) is 30.0 Å². The summed E-state index contributed by atoms with van der Waals surface area (Å²) in [6, 6.07) is 10.8. The highest BCUT2D eigenvalue weighted by atomic mass is 35.5. The molecule has 1 N–H and O–H groups in total. The van der Waals surface area contributed by atoms with Crippen LogP contribution in [0, 0.1) is 0 Å². The van der Waals surface area contributed by atoms with Gasteiger partial charge in [0.25, 0.3) is 0 Å². The maximum Gasteiger partial charge on any atom is 0.0453 e. The monoisotopic (exact) mass is 274 g/mol. The maximum atomic E-state index is 6.32. The summed E-state index contributed by atoms with van der Waals surface area (Å²) in [6.07, 6.45) is 4.55. The Bertz CT molecular complexity index is 524. The molecule has 2 aromatic rings.